The van der Waals surface area contributed by atoms with E-state index in [2.05, 4.69) is 20.9 Å². The first kappa shape index (κ1) is 12.3. The third kappa shape index (κ3) is 3.41. The molecule has 1 amide bonds. The maximum atomic E-state index is 11.8. The molecular formula is C11H13BrN2O3. The average Bonchev–Trinajstić information content (AvgIpc) is 2.38. The van der Waals surface area contributed by atoms with Gasteiger partial charge in [-0.15, -0.1) is 0 Å². The molecule has 0 bridgehead atoms. The Morgan fingerprint density at radius 2 is 2.29 bits per heavy atom. The van der Waals surface area contributed by atoms with Gasteiger partial charge in [-0.1, -0.05) is 0 Å². The van der Waals surface area contributed by atoms with Gasteiger partial charge >= 0.3 is 0 Å². The summed E-state index contributed by atoms with van der Waals surface area (Å²) in [6, 6.07) is 3.53. The van der Waals surface area contributed by atoms with Gasteiger partial charge in [-0.05, 0) is 28.1 Å². The molecule has 0 radical (unpaired) electrons. The van der Waals surface area contributed by atoms with Crippen molar-refractivity contribution >= 4 is 21.8 Å². The predicted molar refractivity (Wildman–Crippen MR) is 64.8 cm³/mol. The molecule has 2 heterocycles. The molecule has 0 aromatic carbocycles. The summed E-state index contributed by atoms with van der Waals surface area (Å²) in [6.45, 7) is 2.50. The lowest BCUT2D eigenvalue weighted by Gasteiger charge is -2.26. The highest BCUT2D eigenvalue weighted by Gasteiger charge is 2.17. The number of carbonyl (C=O) groups is 1. The number of nitrogens with zero attached hydrogens (tertiary/aromatic N) is 2. The first-order chi connectivity index (χ1) is 8.27. The lowest BCUT2D eigenvalue weighted by molar-refractivity contribution is -0.137. The van der Waals surface area contributed by atoms with Gasteiger partial charge in [0.05, 0.1) is 13.2 Å². The van der Waals surface area contributed by atoms with Gasteiger partial charge in [0.2, 0.25) is 0 Å². The SMILES string of the molecule is O=C(COc1cccnc1Br)N1CCOCC1. The van der Waals surface area contributed by atoms with E-state index in [-0.39, 0.29) is 12.5 Å². The van der Waals surface area contributed by atoms with Crippen molar-refractivity contribution in [1.29, 1.82) is 0 Å². The molecule has 2 rings (SSSR count). The van der Waals surface area contributed by atoms with Crippen molar-refractivity contribution in [2.45, 2.75) is 0 Å². The van der Waals surface area contributed by atoms with Crippen LogP contribution in [-0.2, 0) is 9.53 Å². The first-order valence-electron chi connectivity index (χ1n) is 5.36. The Bertz CT molecular complexity index is 394. The quantitative estimate of drug-likeness (QED) is 0.784. The van der Waals surface area contributed by atoms with Crippen LogP contribution in [-0.4, -0.2) is 48.7 Å². The molecule has 1 saturated heterocycles. The molecule has 92 valence electrons. The summed E-state index contributed by atoms with van der Waals surface area (Å²) < 4.78 is 11.2. The largest absolute Gasteiger partial charge is 0.481 e. The van der Waals surface area contributed by atoms with Gasteiger partial charge in [0.1, 0.15) is 4.60 Å². The Hall–Kier alpha value is -1.14. The minimum Gasteiger partial charge on any atom is -0.481 e. The van der Waals surface area contributed by atoms with Crippen LogP contribution in [0.15, 0.2) is 22.9 Å². The van der Waals surface area contributed by atoms with E-state index in [9.17, 15) is 4.79 Å². The summed E-state index contributed by atoms with van der Waals surface area (Å²) in [4.78, 5) is 17.6. The van der Waals surface area contributed by atoms with Gasteiger partial charge < -0.3 is 14.4 Å². The smallest absolute Gasteiger partial charge is 0.260 e. The Labute approximate surface area is 108 Å². The molecule has 1 aromatic rings. The van der Waals surface area contributed by atoms with Crippen LogP contribution < -0.4 is 4.74 Å². The topological polar surface area (TPSA) is 51.7 Å². The third-order valence-electron chi connectivity index (χ3n) is 2.44. The molecular weight excluding hydrogens is 288 g/mol. The second-order valence-corrected chi connectivity index (χ2v) is 4.33. The first-order valence-corrected chi connectivity index (χ1v) is 6.15. The van der Waals surface area contributed by atoms with Gasteiger partial charge in [-0.2, -0.15) is 0 Å². The summed E-state index contributed by atoms with van der Waals surface area (Å²) in [6.07, 6.45) is 1.65. The van der Waals surface area contributed by atoms with Crippen LogP contribution >= 0.6 is 15.9 Å². The van der Waals surface area contributed by atoms with E-state index in [1.54, 1.807) is 23.2 Å². The van der Waals surface area contributed by atoms with Crippen LogP contribution in [0.25, 0.3) is 0 Å². The van der Waals surface area contributed by atoms with E-state index in [1.807, 2.05) is 0 Å². The van der Waals surface area contributed by atoms with Crippen LogP contribution in [0.4, 0.5) is 0 Å². The van der Waals surface area contributed by atoms with Crippen LogP contribution in [0, 0.1) is 0 Å². The average molecular weight is 301 g/mol. The van der Waals surface area contributed by atoms with Gasteiger partial charge in [0.25, 0.3) is 5.91 Å². The third-order valence-corrected chi connectivity index (χ3v) is 3.04. The molecule has 1 aliphatic rings. The molecule has 0 aliphatic carbocycles. The zero-order valence-electron chi connectivity index (χ0n) is 9.26. The van der Waals surface area contributed by atoms with Crippen molar-refractivity contribution in [3.05, 3.63) is 22.9 Å². The van der Waals surface area contributed by atoms with E-state index in [4.69, 9.17) is 9.47 Å². The second-order valence-electron chi connectivity index (χ2n) is 3.57. The molecule has 1 aliphatic heterocycles. The summed E-state index contributed by atoms with van der Waals surface area (Å²) in [5.41, 5.74) is 0. The van der Waals surface area contributed by atoms with Crippen LogP contribution in [0.2, 0.25) is 0 Å². The van der Waals surface area contributed by atoms with E-state index in [1.165, 1.54) is 0 Å². The number of pyridine rings is 1. The van der Waals surface area contributed by atoms with Gasteiger partial charge in [0, 0.05) is 19.3 Å². The fraction of sp³-hybridized carbons (Fsp3) is 0.455. The molecule has 1 aromatic heterocycles. The molecule has 0 unspecified atom stereocenters. The Morgan fingerprint density at radius 1 is 1.53 bits per heavy atom. The highest BCUT2D eigenvalue weighted by Crippen LogP contribution is 2.20. The normalized spacial score (nSPS) is 15.7. The fourth-order valence-corrected chi connectivity index (χ4v) is 1.89. The highest BCUT2D eigenvalue weighted by molar-refractivity contribution is 9.10. The summed E-state index contributed by atoms with van der Waals surface area (Å²) in [7, 11) is 0. The van der Waals surface area contributed by atoms with Crippen molar-refractivity contribution in [2.24, 2.45) is 0 Å². The number of carbonyl (C=O) groups excluding carboxylic acids is 1. The van der Waals surface area contributed by atoms with Crippen LogP contribution in [0.1, 0.15) is 0 Å². The monoisotopic (exact) mass is 300 g/mol. The zero-order valence-corrected chi connectivity index (χ0v) is 10.9. The van der Waals surface area contributed by atoms with Crippen molar-refractivity contribution in [1.82, 2.24) is 9.88 Å². The molecule has 0 spiro atoms. The number of hydrogen-bond donors (Lipinski definition) is 0. The fourth-order valence-electron chi connectivity index (χ4n) is 1.52. The number of rotatable bonds is 3. The van der Waals surface area contributed by atoms with Crippen molar-refractivity contribution in [3.8, 4) is 5.75 Å². The molecule has 6 heteroatoms. The Morgan fingerprint density at radius 3 is 3.00 bits per heavy atom. The number of amides is 1. The molecule has 0 atom stereocenters. The van der Waals surface area contributed by atoms with E-state index in [0.717, 1.165) is 0 Å². The summed E-state index contributed by atoms with van der Waals surface area (Å²) in [5.74, 6) is 0.554. The van der Waals surface area contributed by atoms with Crippen LogP contribution in [0.3, 0.4) is 0 Å². The Balaban J connectivity index is 1.85. The number of ether oxygens (including phenoxy) is 2. The van der Waals surface area contributed by atoms with Crippen molar-refractivity contribution in [3.63, 3.8) is 0 Å². The van der Waals surface area contributed by atoms with Gasteiger partial charge in [-0.25, -0.2) is 4.98 Å². The molecule has 5 nitrogen and oxygen atoms in total. The van der Waals surface area contributed by atoms with Crippen LogP contribution in [0.5, 0.6) is 5.75 Å². The molecule has 0 saturated carbocycles. The van der Waals surface area contributed by atoms with E-state index in [0.29, 0.717) is 36.7 Å². The second kappa shape index (κ2) is 5.97. The maximum Gasteiger partial charge on any atom is 0.260 e. The molecule has 17 heavy (non-hydrogen) atoms. The zero-order chi connectivity index (χ0) is 12.1. The number of aromatic nitrogens is 1. The Kier molecular flexibility index (Phi) is 4.33. The minimum atomic E-state index is -0.0240. The minimum absolute atomic E-state index is 0.0240. The standard InChI is InChI=1S/C11H13BrN2O3/c12-11-9(2-1-3-13-11)17-8-10(15)14-4-6-16-7-5-14/h1-3H,4-8H2. The molecule has 0 N–H and O–H groups in total. The van der Waals surface area contributed by atoms with Gasteiger partial charge in [-0.3, -0.25) is 4.79 Å². The summed E-state index contributed by atoms with van der Waals surface area (Å²) >= 11 is 3.26. The number of hydrogen-bond acceptors (Lipinski definition) is 4. The predicted octanol–water partition coefficient (Wildman–Crippen LogP) is 1.08. The lowest BCUT2D eigenvalue weighted by atomic mass is 10.4. The van der Waals surface area contributed by atoms with E-state index < -0.39 is 0 Å². The summed E-state index contributed by atoms with van der Waals surface area (Å²) in [5, 5.41) is 0. The number of morpholine rings is 1. The number of halogens is 1. The highest BCUT2D eigenvalue weighted by atomic mass is 79.9. The van der Waals surface area contributed by atoms with Gasteiger partial charge in [0.15, 0.2) is 12.4 Å². The lowest BCUT2D eigenvalue weighted by Crippen LogP contribution is -2.43. The molecule has 1 fully saturated rings. The van der Waals surface area contributed by atoms with Crippen molar-refractivity contribution in [2.75, 3.05) is 32.9 Å². The van der Waals surface area contributed by atoms with Crippen molar-refractivity contribution < 1.29 is 14.3 Å². The maximum absolute atomic E-state index is 11.8. The van der Waals surface area contributed by atoms with E-state index >= 15 is 0 Å².